The minimum Gasteiger partial charge on any atom is -0.338 e. The SMILES string of the molecule is Cc1ccccc1-c1noc(CN2CCC(c3ccn(C)c(=O)c3)CC2)n1. The molecule has 1 aromatic carbocycles. The zero-order valence-electron chi connectivity index (χ0n) is 15.8. The van der Waals surface area contributed by atoms with Gasteiger partial charge in [0.05, 0.1) is 6.54 Å². The molecule has 2 aromatic heterocycles. The highest BCUT2D eigenvalue weighted by molar-refractivity contribution is 5.58. The Balaban J connectivity index is 1.38. The lowest BCUT2D eigenvalue weighted by molar-refractivity contribution is 0.181. The minimum atomic E-state index is 0.0597. The van der Waals surface area contributed by atoms with Crippen LogP contribution >= 0.6 is 0 Å². The normalized spacial score (nSPS) is 15.9. The number of aromatic nitrogens is 3. The van der Waals surface area contributed by atoms with Crippen molar-refractivity contribution in [3.8, 4) is 11.4 Å². The summed E-state index contributed by atoms with van der Waals surface area (Å²) in [4.78, 5) is 18.8. The standard InChI is InChI=1S/C21H24N4O2/c1-15-5-3-4-6-18(15)21-22-19(27-23-21)14-25-11-8-16(9-12-25)17-7-10-24(2)20(26)13-17/h3-7,10,13,16H,8-9,11-12,14H2,1-2H3. The van der Waals surface area contributed by atoms with E-state index in [1.165, 1.54) is 0 Å². The van der Waals surface area contributed by atoms with Crippen LogP contribution in [0.25, 0.3) is 11.4 Å². The van der Waals surface area contributed by atoms with Gasteiger partial charge in [-0.05, 0) is 56.0 Å². The molecule has 0 bridgehead atoms. The number of hydrogen-bond acceptors (Lipinski definition) is 5. The zero-order chi connectivity index (χ0) is 18.8. The van der Waals surface area contributed by atoms with Gasteiger partial charge in [0.15, 0.2) is 0 Å². The van der Waals surface area contributed by atoms with Gasteiger partial charge in [-0.2, -0.15) is 4.98 Å². The van der Waals surface area contributed by atoms with Gasteiger partial charge in [-0.15, -0.1) is 0 Å². The van der Waals surface area contributed by atoms with E-state index in [1.807, 2.05) is 37.4 Å². The lowest BCUT2D eigenvalue weighted by atomic mass is 9.90. The van der Waals surface area contributed by atoms with Gasteiger partial charge in [0.25, 0.3) is 5.56 Å². The fourth-order valence-electron chi connectivity index (χ4n) is 3.69. The number of benzene rings is 1. The number of likely N-dealkylation sites (tertiary alicyclic amines) is 1. The highest BCUT2D eigenvalue weighted by Gasteiger charge is 2.22. The molecular formula is C21H24N4O2. The summed E-state index contributed by atoms with van der Waals surface area (Å²) >= 11 is 0. The monoisotopic (exact) mass is 364 g/mol. The van der Waals surface area contributed by atoms with E-state index < -0.39 is 0 Å². The Morgan fingerprint density at radius 3 is 2.70 bits per heavy atom. The molecule has 1 aliphatic rings. The fraction of sp³-hybridized carbons (Fsp3) is 0.381. The number of nitrogens with zero attached hydrogens (tertiary/aromatic N) is 4. The maximum Gasteiger partial charge on any atom is 0.250 e. The van der Waals surface area contributed by atoms with Gasteiger partial charge in [-0.1, -0.05) is 29.4 Å². The molecule has 1 fully saturated rings. The molecule has 0 atom stereocenters. The summed E-state index contributed by atoms with van der Waals surface area (Å²) in [6, 6.07) is 11.9. The van der Waals surface area contributed by atoms with E-state index in [9.17, 15) is 4.79 Å². The number of aryl methyl sites for hydroxylation is 2. The lowest BCUT2D eigenvalue weighted by Gasteiger charge is -2.31. The van der Waals surface area contributed by atoms with Crippen LogP contribution in [0.4, 0.5) is 0 Å². The molecule has 6 nitrogen and oxygen atoms in total. The van der Waals surface area contributed by atoms with Crippen LogP contribution in [-0.2, 0) is 13.6 Å². The van der Waals surface area contributed by atoms with Crippen LogP contribution in [-0.4, -0.2) is 32.7 Å². The van der Waals surface area contributed by atoms with Crippen LogP contribution in [0.3, 0.4) is 0 Å². The number of rotatable bonds is 4. The Bertz CT molecular complexity index is 984. The predicted octanol–water partition coefficient (Wildman–Crippen LogP) is 3.12. The molecule has 0 spiro atoms. The second-order valence-electron chi connectivity index (χ2n) is 7.29. The summed E-state index contributed by atoms with van der Waals surface area (Å²) in [5.74, 6) is 1.75. The molecule has 3 heterocycles. The molecule has 0 saturated carbocycles. The molecule has 4 rings (SSSR count). The molecule has 1 saturated heterocycles. The molecular weight excluding hydrogens is 340 g/mol. The van der Waals surface area contributed by atoms with Gasteiger partial charge in [0.1, 0.15) is 0 Å². The Labute approximate surface area is 158 Å². The summed E-state index contributed by atoms with van der Waals surface area (Å²) < 4.78 is 7.08. The highest BCUT2D eigenvalue weighted by Crippen LogP contribution is 2.28. The molecule has 140 valence electrons. The Kier molecular flexibility index (Phi) is 4.90. The van der Waals surface area contributed by atoms with Crippen LogP contribution in [0.1, 0.15) is 35.8 Å². The smallest absolute Gasteiger partial charge is 0.250 e. The molecule has 1 aliphatic heterocycles. The van der Waals surface area contributed by atoms with Crippen molar-refractivity contribution in [2.45, 2.75) is 32.2 Å². The molecule has 3 aromatic rings. The Morgan fingerprint density at radius 1 is 1.19 bits per heavy atom. The molecule has 0 radical (unpaired) electrons. The first-order valence-corrected chi connectivity index (χ1v) is 9.37. The van der Waals surface area contributed by atoms with Crippen LogP contribution in [0.5, 0.6) is 0 Å². The minimum absolute atomic E-state index is 0.0597. The maximum absolute atomic E-state index is 11.9. The summed E-state index contributed by atoms with van der Waals surface area (Å²) in [5, 5.41) is 4.14. The van der Waals surface area contributed by atoms with E-state index in [0.717, 1.165) is 42.6 Å². The van der Waals surface area contributed by atoms with E-state index >= 15 is 0 Å². The van der Waals surface area contributed by atoms with Gasteiger partial charge in [-0.3, -0.25) is 9.69 Å². The number of piperidine rings is 1. The maximum atomic E-state index is 11.9. The van der Waals surface area contributed by atoms with Crippen molar-refractivity contribution in [2.24, 2.45) is 7.05 Å². The van der Waals surface area contributed by atoms with Crippen molar-refractivity contribution in [1.82, 2.24) is 19.6 Å². The van der Waals surface area contributed by atoms with Crippen molar-refractivity contribution in [3.05, 3.63) is 70.0 Å². The van der Waals surface area contributed by atoms with Crippen LogP contribution < -0.4 is 5.56 Å². The first kappa shape index (κ1) is 17.7. The third-order valence-electron chi connectivity index (χ3n) is 5.40. The Hall–Kier alpha value is -2.73. The van der Waals surface area contributed by atoms with Crippen LogP contribution in [0.2, 0.25) is 0 Å². The third kappa shape index (κ3) is 3.85. The van der Waals surface area contributed by atoms with E-state index in [1.54, 1.807) is 17.7 Å². The predicted molar refractivity (Wildman–Crippen MR) is 103 cm³/mol. The highest BCUT2D eigenvalue weighted by atomic mass is 16.5. The van der Waals surface area contributed by atoms with Crippen molar-refractivity contribution < 1.29 is 4.52 Å². The van der Waals surface area contributed by atoms with Gasteiger partial charge >= 0.3 is 0 Å². The molecule has 27 heavy (non-hydrogen) atoms. The Morgan fingerprint density at radius 2 is 1.96 bits per heavy atom. The van der Waals surface area contributed by atoms with E-state index in [0.29, 0.717) is 24.2 Å². The molecule has 0 amide bonds. The molecule has 0 unspecified atom stereocenters. The third-order valence-corrected chi connectivity index (χ3v) is 5.40. The quantitative estimate of drug-likeness (QED) is 0.712. The van der Waals surface area contributed by atoms with Gasteiger partial charge in [-0.25, -0.2) is 0 Å². The van der Waals surface area contributed by atoms with Gasteiger partial charge in [0, 0.05) is 24.9 Å². The topological polar surface area (TPSA) is 64.2 Å². The summed E-state index contributed by atoms with van der Waals surface area (Å²) in [6.07, 6.45) is 3.92. The number of pyridine rings is 1. The van der Waals surface area contributed by atoms with E-state index in [2.05, 4.69) is 21.1 Å². The average molecular weight is 364 g/mol. The van der Waals surface area contributed by atoms with Gasteiger partial charge in [0.2, 0.25) is 11.7 Å². The molecule has 0 aliphatic carbocycles. The molecule has 0 N–H and O–H groups in total. The summed E-state index contributed by atoms with van der Waals surface area (Å²) in [5.41, 5.74) is 3.36. The zero-order valence-corrected chi connectivity index (χ0v) is 15.8. The van der Waals surface area contributed by atoms with Crippen molar-refractivity contribution in [1.29, 1.82) is 0 Å². The van der Waals surface area contributed by atoms with Gasteiger partial charge < -0.3 is 9.09 Å². The first-order chi connectivity index (χ1) is 13.1. The number of hydrogen-bond donors (Lipinski definition) is 0. The van der Waals surface area contributed by atoms with Crippen molar-refractivity contribution in [3.63, 3.8) is 0 Å². The average Bonchev–Trinajstić information content (AvgIpc) is 3.13. The van der Waals surface area contributed by atoms with Crippen molar-refractivity contribution >= 4 is 0 Å². The first-order valence-electron chi connectivity index (χ1n) is 9.37. The van der Waals surface area contributed by atoms with Crippen LogP contribution in [0.15, 0.2) is 51.9 Å². The fourth-order valence-corrected chi connectivity index (χ4v) is 3.69. The van der Waals surface area contributed by atoms with E-state index in [-0.39, 0.29) is 5.56 Å². The summed E-state index contributed by atoms with van der Waals surface area (Å²) in [6.45, 7) is 4.64. The largest absolute Gasteiger partial charge is 0.338 e. The lowest BCUT2D eigenvalue weighted by Crippen LogP contribution is -2.33. The molecule has 6 heteroatoms. The van der Waals surface area contributed by atoms with E-state index in [4.69, 9.17) is 4.52 Å². The van der Waals surface area contributed by atoms with Crippen LogP contribution in [0, 0.1) is 6.92 Å². The summed E-state index contributed by atoms with van der Waals surface area (Å²) in [7, 11) is 1.78. The van der Waals surface area contributed by atoms with Crippen molar-refractivity contribution in [2.75, 3.05) is 13.1 Å². The second-order valence-corrected chi connectivity index (χ2v) is 7.29. The second kappa shape index (κ2) is 7.48.